The molecule has 19 heavy (non-hydrogen) atoms. The molecule has 0 N–H and O–H groups in total. The zero-order chi connectivity index (χ0) is 13.4. The van der Waals surface area contributed by atoms with Crippen molar-refractivity contribution < 1.29 is 4.79 Å². The first-order valence-corrected chi connectivity index (χ1v) is 7.45. The number of Topliss-reactive ketones (excluding diaryl/α,β-unsaturated/α-hetero) is 1. The number of carbonyl (C=O) groups excluding carboxylic acids is 1. The molecule has 2 aliphatic heterocycles. The molecule has 1 fully saturated rings. The van der Waals surface area contributed by atoms with Crippen LogP contribution < -0.4 is 0 Å². The summed E-state index contributed by atoms with van der Waals surface area (Å²) in [6.07, 6.45) is 5.78. The van der Waals surface area contributed by atoms with Crippen molar-refractivity contribution in [1.82, 2.24) is 14.5 Å². The molecule has 1 saturated heterocycles. The highest BCUT2D eigenvalue weighted by Crippen LogP contribution is 2.31. The number of fused-ring (bicyclic) bond motifs is 1. The number of hydrogen-bond donors (Lipinski definition) is 0. The molecular formula is C15H23N3O. The minimum Gasteiger partial charge on any atom is -0.331 e. The minimum atomic E-state index is 0.129. The van der Waals surface area contributed by atoms with E-state index < -0.39 is 0 Å². The molecule has 3 heterocycles. The van der Waals surface area contributed by atoms with Gasteiger partial charge in [0.25, 0.3) is 0 Å². The second kappa shape index (κ2) is 5.08. The van der Waals surface area contributed by atoms with Gasteiger partial charge in [-0.25, -0.2) is 4.98 Å². The fourth-order valence-electron chi connectivity index (χ4n) is 3.43. The van der Waals surface area contributed by atoms with E-state index in [-0.39, 0.29) is 5.78 Å². The van der Waals surface area contributed by atoms with E-state index in [0.29, 0.717) is 5.92 Å². The van der Waals surface area contributed by atoms with Gasteiger partial charge in [0.2, 0.25) is 0 Å². The summed E-state index contributed by atoms with van der Waals surface area (Å²) in [6.45, 7) is 4.98. The summed E-state index contributed by atoms with van der Waals surface area (Å²) in [5.74, 6) is 1.86. The lowest BCUT2D eigenvalue weighted by Crippen LogP contribution is -2.30. The van der Waals surface area contributed by atoms with Gasteiger partial charge in [-0.1, -0.05) is 0 Å². The Balaban J connectivity index is 1.94. The van der Waals surface area contributed by atoms with Gasteiger partial charge < -0.3 is 9.47 Å². The van der Waals surface area contributed by atoms with Gasteiger partial charge in [-0.2, -0.15) is 0 Å². The average Bonchev–Trinajstić information content (AvgIpc) is 2.79. The average molecular weight is 261 g/mol. The van der Waals surface area contributed by atoms with Gasteiger partial charge in [0.05, 0.1) is 0 Å². The summed E-state index contributed by atoms with van der Waals surface area (Å²) in [4.78, 5) is 18.9. The fraction of sp³-hybridized carbons (Fsp3) is 0.733. The van der Waals surface area contributed by atoms with Crippen molar-refractivity contribution >= 4 is 5.78 Å². The topological polar surface area (TPSA) is 38.1 Å². The SMILES string of the molecule is CC(=O)c1nc(C2CCN(C)CC2)n2c1CCCC2. The van der Waals surface area contributed by atoms with E-state index in [1.807, 2.05) is 0 Å². The van der Waals surface area contributed by atoms with E-state index in [4.69, 9.17) is 4.98 Å². The van der Waals surface area contributed by atoms with E-state index in [9.17, 15) is 4.79 Å². The third-order valence-corrected chi connectivity index (χ3v) is 4.56. The van der Waals surface area contributed by atoms with Gasteiger partial charge >= 0.3 is 0 Å². The monoisotopic (exact) mass is 261 g/mol. The van der Waals surface area contributed by atoms with E-state index in [0.717, 1.165) is 31.7 Å². The number of likely N-dealkylation sites (tertiary alicyclic amines) is 1. The molecule has 0 saturated carbocycles. The number of nitrogens with zero attached hydrogens (tertiary/aromatic N) is 3. The summed E-state index contributed by atoms with van der Waals surface area (Å²) in [5, 5.41) is 0. The molecule has 0 aliphatic carbocycles. The Labute approximate surface area is 114 Å². The molecule has 4 heteroatoms. The zero-order valence-corrected chi connectivity index (χ0v) is 12.0. The molecule has 1 aromatic heterocycles. The van der Waals surface area contributed by atoms with Gasteiger partial charge in [0.1, 0.15) is 11.5 Å². The molecule has 4 nitrogen and oxygen atoms in total. The Morgan fingerprint density at radius 2 is 1.95 bits per heavy atom. The Morgan fingerprint density at radius 1 is 1.21 bits per heavy atom. The predicted octanol–water partition coefficient (Wildman–Crippen LogP) is 2.23. The molecule has 3 rings (SSSR count). The van der Waals surface area contributed by atoms with Crippen LogP contribution in [0.2, 0.25) is 0 Å². The van der Waals surface area contributed by atoms with Crippen molar-refractivity contribution in [2.24, 2.45) is 0 Å². The van der Waals surface area contributed by atoms with Crippen molar-refractivity contribution in [2.75, 3.05) is 20.1 Å². The number of carbonyl (C=O) groups is 1. The van der Waals surface area contributed by atoms with Gasteiger partial charge in [-0.3, -0.25) is 4.79 Å². The van der Waals surface area contributed by atoms with Crippen molar-refractivity contribution in [1.29, 1.82) is 0 Å². The normalized spacial score (nSPS) is 21.4. The Bertz CT molecular complexity index is 484. The molecule has 1 aromatic rings. The summed E-state index contributed by atoms with van der Waals surface area (Å²) in [6, 6.07) is 0. The van der Waals surface area contributed by atoms with Crippen molar-refractivity contribution in [3.63, 3.8) is 0 Å². The van der Waals surface area contributed by atoms with Crippen LogP contribution in [0, 0.1) is 0 Å². The van der Waals surface area contributed by atoms with Crippen LogP contribution in [0.1, 0.15) is 60.5 Å². The molecule has 104 valence electrons. The number of rotatable bonds is 2. The molecular weight excluding hydrogens is 238 g/mol. The fourth-order valence-corrected chi connectivity index (χ4v) is 3.43. The van der Waals surface area contributed by atoms with Crippen LogP contribution in [0.25, 0.3) is 0 Å². The predicted molar refractivity (Wildman–Crippen MR) is 74.6 cm³/mol. The van der Waals surface area contributed by atoms with Crippen LogP contribution in [0.15, 0.2) is 0 Å². The molecule has 0 radical (unpaired) electrons. The summed E-state index contributed by atoms with van der Waals surface area (Å²) < 4.78 is 2.36. The standard InChI is InChI=1S/C15H23N3O/c1-11(19)14-13-5-3-4-8-18(13)15(16-14)12-6-9-17(2)10-7-12/h12H,3-10H2,1-2H3. The lowest BCUT2D eigenvalue weighted by molar-refractivity contribution is 0.101. The largest absolute Gasteiger partial charge is 0.331 e. The molecule has 0 amide bonds. The molecule has 0 atom stereocenters. The zero-order valence-electron chi connectivity index (χ0n) is 12.0. The van der Waals surface area contributed by atoms with Crippen molar-refractivity contribution in [3.8, 4) is 0 Å². The van der Waals surface area contributed by atoms with E-state index >= 15 is 0 Å². The maximum Gasteiger partial charge on any atom is 0.179 e. The number of hydrogen-bond acceptors (Lipinski definition) is 3. The highest BCUT2D eigenvalue weighted by Gasteiger charge is 2.28. The number of imidazole rings is 1. The van der Waals surface area contributed by atoms with Crippen LogP contribution in [-0.4, -0.2) is 40.4 Å². The second-order valence-electron chi connectivity index (χ2n) is 6.01. The highest BCUT2D eigenvalue weighted by atomic mass is 16.1. The first kappa shape index (κ1) is 12.9. The third kappa shape index (κ3) is 2.34. The maximum absolute atomic E-state index is 11.8. The lowest BCUT2D eigenvalue weighted by atomic mass is 9.96. The summed E-state index contributed by atoms with van der Waals surface area (Å²) >= 11 is 0. The van der Waals surface area contributed by atoms with Crippen molar-refractivity contribution in [2.45, 2.75) is 51.5 Å². The molecule has 0 aromatic carbocycles. The Morgan fingerprint density at radius 3 is 2.63 bits per heavy atom. The lowest BCUT2D eigenvalue weighted by Gasteiger charge is -2.29. The van der Waals surface area contributed by atoms with Crippen LogP contribution in [0.4, 0.5) is 0 Å². The summed E-state index contributed by atoms with van der Waals surface area (Å²) in [5.41, 5.74) is 1.95. The summed E-state index contributed by atoms with van der Waals surface area (Å²) in [7, 11) is 2.18. The highest BCUT2D eigenvalue weighted by molar-refractivity contribution is 5.93. The van der Waals surface area contributed by atoms with Gasteiger partial charge in [0.15, 0.2) is 5.78 Å². The Kier molecular flexibility index (Phi) is 3.44. The minimum absolute atomic E-state index is 0.129. The van der Waals surface area contributed by atoms with E-state index in [1.165, 1.54) is 37.2 Å². The maximum atomic E-state index is 11.8. The van der Waals surface area contributed by atoms with Crippen molar-refractivity contribution in [3.05, 3.63) is 17.2 Å². The third-order valence-electron chi connectivity index (χ3n) is 4.56. The van der Waals surface area contributed by atoms with Crippen LogP contribution >= 0.6 is 0 Å². The molecule has 0 spiro atoms. The first-order valence-electron chi connectivity index (χ1n) is 7.45. The molecule has 2 aliphatic rings. The van der Waals surface area contributed by atoms with Crippen LogP contribution in [0.3, 0.4) is 0 Å². The van der Waals surface area contributed by atoms with Crippen LogP contribution in [0.5, 0.6) is 0 Å². The van der Waals surface area contributed by atoms with Gasteiger partial charge in [-0.15, -0.1) is 0 Å². The van der Waals surface area contributed by atoms with Crippen LogP contribution in [-0.2, 0) is 13.0 Å². The number of piperidine rings is 1. The first-order chi connectivity index (χ1) is 9.16. The Hall–Kier alpha value is -1.16. The van der Waals surface area contributed by atoms with E-state index in [2.05, 4.69) is 16.5 Å². The number of aromatic nitrogens is 2. The van der Waals surface area contributed by atoms with Gasteiger partial charge in [0, 0.05) is 25.1 Å². The second-order valence-corrected chi connectivity index (χ2v) is 6.01. The molecule has 0 bridgehead atoms. The van der Waals surface area contributed by atoms with E-state index in [1.54, 1.807) is 6.92 Å². The number of ketones is 1. The smallest absolute Gasteiger partial charge is 0.179 e. The molecule has 0 unspecified atom stereocenters. The van der Waals surface area contributed by atoms with Gasteiger partial charge in [-0.05, 0) is 52.2 Å². The quantitative estimate of drug-likeness (QED) is 0.766.